The lowest BCUT2D eigenvalue weighted by Crippen LogP contribution is -2.24. The molecule has 0 radical (unpaired) electrons. The summed E-state index contributed by atoms with van der Waals surface area (Å²) >= 11 is 0. The summed E-state index contributed by atoms with van der Waals surface area (Å²) in [5.74, 6) is -1.13. The van der Waals surface area contributed by atoms with E-state index in [-0.39, 0.29) is 22.4 Å². The van der Waals surface area contributed by atoms with Gasteiger partial charge in [0.2, 0.25) is 0 Å². The number of allylic oxidation sites excluding steroid dienone is 1. The highest BCUT2D eigenvalue weighted by molar-refractivity contribution is 6.25. The van der Waals surface area contributed by atoms with Crippen LogP contribution in [0.4, 0.5) is 11.4 Å². The van der Waals surface area contributed by atoms with E-state index in [9.17, 15) is 19.7 Å². The molecule has 7 heteroatoms. The molecule has 0 atom stereocenters. The largest absolute Gasteiger partial charge is 0.465 e. The molecule has 1 heterocycles. The van der Waals surface area contributed by atoms with Crippen molar-refractivity contribution in [2.24, 2.45) is 0 Å². The van der Waals surface area contributed by atoms with E-state index in [0.29, 0.717) is 11.4 Å². The zero-order valence-electron chi connectivity index (χ0n) is 16.9. The molecule has 0 bridgehead atoms. The lowest BCUT2D eigenvalue weighted by atomic mass is 10.0. The van der Waals surface area contributed by atoms with Gasteiger partial charge in [0, 0.05) is 17.1 Å². The second-order valence-electron chi connectivity index (χ2n) is 6.96. The number of hydrogen-bond acceptors (Lipinski definition) is 5. The zero-order chi connectivity index (χ0) is 22.1. The van der Waals surface area contributed by atoms with Gasteiger partial charge in [0.1, 0.15) is 0 Å². The van der Waals surface area contributed by atoms with Crippen LogP contribution in [0.5, 0.6) is 0 Å². The van der Waals surface area contributed by atoms with Crippen molar-refractivity contribution in [2.75, 3.05) is 12.0 Å². The van der Waals surface area contributed by atoms with Crippen LogP contribution in [-0.4, -0.2) is 23.9 Å². The minimum absolute atomic E-state index is 0.0478. The first kappa shape index (κ1) is 20.0. The van der Waals surface area contributed by atoms with E-state index in [2.05, 4.69) is 0 Å². The van der Waals surface area contributed by atoms with Crippen molar-refractivity contribution >= 4 is 40.1 Å². The summed E-state index contributed by atoms with van der Waals surface area (Å²) in [7, 11) is 1.23. The number of carbonyl (C=O) groups is 2. The highest BCUT2D eigenvalue weighted by Crippen LogP contribution is 2.39. The number of para-hydroxylation sites is 1. The van der Waals surface area contributed by atoms with Gasteiger partial charge in [-0.2, -0.15) is 0 Å². The van der Waals surface area contributed by atoms with Crippen molar-refractivity contribution < 1.29 is 19.2 Å². The van der Waals surface area contributed by atoms with Gasteiger partial charge in [-0.1, -0.05) is 48.5 Å². The quantitative estimate of drug-likeness (QED) is 0.269. The van der Waals surface area contributed by atoms with Gasteiger partial charge in [-0.05, 0) is 30.5 Å². The van der Waals surface area contributed by atoms with Crippen LogP contribution < -0.4 is 4.90 Å². The third kappa shape index (κ3) is 3.36. The van der Waals surface area contributed by atoms with Crippen LogP contribution in [0.1, 0.15) is 12.5 Å². The summed E-state index contributed by atoms with van der Waals surface area (Å²) in [5, 5.41) is 13.2. The van der Waals surface area contributed by atoms with Crippen LogP contribution in [0.15, 0.2) is 83.6 Å². The molecule has 4 rings (SSSR count). The van der Waals surface area contributed by atoms with E-state index >= 15 is 0 Å². The van der Waals surface area contributed by atoms with E-state index in [1.807, 2.05) is 36.4 Å². The number of carbonyl (C=O) groups excluding carboxylic acids is 2. The fraction of sp³-hybridized carbons (Fsp3) is 0.0833. The van der Waals surface area contributed by atoms with Crippen molar-refractivity contribution in [1.82, 2.24) is 0 Å². The number of hydrogen-bond donors (Lipinski definition) is 0. The van der Waals surface area contributed by atoms with Gasteiger partial charge in [0.05, 0.1) is 34.4 Å². The van der Waals surface area contributed by atoms with Crippen molar-refractivity contribution in [3.63, 3.8) is 0 Å². The first-order valence-corrected chi connectivity index (χ1v) is 9.51. The van der Waals surface area contributed by atoms with Gasteiger partial charge in [0.25, 0.3) is 11.6 Å². The summed E-state index contributed by atoms with van der Waals surface area (Å²) in [5.41, 5.74) is 1.22. The van der Waals surface area contributed by atoms with Crippen molar-refractivity contribution in [2.45, 2.75) is 6.92 Å². The van der Waals surface area contributed by atoms with Gasteiger partial charge in [-0.25, -0.2) is 4.79 Å². The first-order valence-electron chi connectivity index (χ1n) is 9.51. The number of anilines is 1. The molecule has 3 aromatic rings. The topological polar surface area (TPSA) is 89.8 Å². The molecule has 1 aliphatic rings. The molecule has 31 heavy (non-hydrogen) atoms. The Morgan fingerprint density at radius 3 is 2.45 bits per heavy atom. The van der Waals surface area contributed by atoms with E-state index in [1.54, 1.807) is 25.1 Å². The average Bonchev–Trinajstić information content (AvgIpc) is 3.02. The molecule has 0 spiro atoms. The number of ether oxygens (including phenoxy) is 1. The number of nitro groups is 1. The normalized spacial score (nSPS) is 15.1. The summed E-state index contributed by atoms with van der Waals surface area (Å²) < 4.78 is 4.92. The number of methoxy groups -OCH3 is 1. The highest BCUT2D eigenvalue weighted by Gasteiger charge is 2.38. The smallest absolute Gasteiger partial charge is 0.340 e. The monoisotopic (exact) mass is 414 g/mol. The Balaban J connectivity index is 1.94. The van der Waals surface area contributed by atoms with Gasteiger partial charge in [-0.15, -0.1) is 0 Å². The predicted molar refractivity (Wildman–Crippen MR) is 117 cm³/mol. The maximum atomic E-state index is 13.5. The number of esters is 1. The maximum absolute atomic E-state index is 13.5. The fourth-order valence-electron chi connectivity index (χ4n) is 3.80. The predicted octanol–water partition coefficient (Wildman–Crippen LogP) is 4.63. The SMILES string of the molecule is COC(=O)C1=C(C)N(c2cccc3ccccc23)C(=O)/C1=C\c1ccccc1[N+](=O)[O-]. The Morgan fingerprint density at radius 1 is 1.03 bits per heavy atom. The van der Waals surface area contributed by atoms with Crippen LogP contribution in [0.25, 0.3) is 16.8 Å². The third-order valence-corrected chi connectivity index (χ3v) is 5.23. The van der Waals surface area contributed by atoms with Gasteiger partial charge in [-0.3, -0.25) is 19.8 Å². The van der Waals surface area contributed by atoms with E-state index in [0.717, 1.165) is 10.8 Å². The van der Waals surface area contributed by atoms with Crippen LogP contribution in [0.3, 0.4) is 0 Å². The molecular weight excluding hydrogens is 396 g/mol. The van der Waals surface area contributed by atoms with Gasteiger partial charge >= 0.3 is 5.97 Å². The Hall–Kier alpha value is -4.26. The van der Waals surface area contributed by atoms with Gasteiger partial charge in [0.15, 0.2) is 0 Å². The minimum atomic E-state index is -0.682. The number of nitro benzene ring substituents is 1. The molecule has 0 saturated heterocycles. The summed E-state index contributed by atoms with van der Waals surface area (Å²) in [4.78, 5) is 38.5. The number of nitrogens with zero attached hydrogens (tertiary/aromatic N) is 2. The average molecular weight is 414 g/mol. The third-order valence-electron chi connectivity index (χ3n) is 5.23. The van der Waals surface area contributed by atoms with Crippen LogP contribution in [-0.2, 0) is 14.3 Å². The van der Waals surface area contributed by atoms with Crippen molar-refractivity contribution in [3.8, 4) is 0 Å². The first-order chi connectivity index (χ1) is 14.9. The summed E-state index contributed by atoms with van der Waals surface area (Å²) in [6.45, 7) is 1.66. The van der Waals surface area contributed by atoms with Crippen LogP contribution >= 0.6 is 0 Å². The number of benzene rings is 3. The Morgan fingerprint density at radius 2 is 1.71 bits per heavy atom. The van der Waals surface area contributed by atoms with Crippen molar-refractivity contribution in [1.29, 1.82) is 0 Å². The minimum Gasteiger partial charge on any atom is -0.465 e. The van der Waals surface area contributed by atoms with E-state index in [4.69, 9.17) is 4.74 Å². The number of amides is 1. The van der Waals surface area contributed by atoms with Gasteiger partial charge < -0.3 is 4.74 Å². The molecule has 0 aliphatic carbocycles. The molecule has 0 aromatic heterocycles. The summed E-state index contributed by atoms with van der Waals surface area (Å²) in [6, 6.07) is 19.2. The highest BCUT2D eigenvalue weighted by atomic mass is 16.6. The second-order valence-corrected chi connectivity index (χ2v) is 6.96. The Labute approximate surface area is 178 Å². The molecule has 7 nitrogen and oxygen atoms in total. The Bertz CT molecular complexity index is 1300. The number of fused-ring (bicyclic) bond motifs is 1. The molecule has 0 N–H and O–H groups in total. The molecule has 3 aromatic carbocycles. The van der Waals surface area contributed by atoms with Crippen LogP contribution in [0, 0.1) is 10.1 Å². The molecule has 154 valence electrons. The standard InChI is InChI=1S/C24H18N2O5/c1-15-22(24(28)31-2)19(14-17-9-4-6-12-20(17)26(29)30)23(27)25(15)21-13-7-10-16-8-3-5-11-18(16)21/h3-14H,1-2H3/b19-14-. The van der Waals surface area contributed by atoms with E-state index < -0.39 is 16.8 Å². The lowest BCUT2D eigenvalue weighted by Gasteiger charge is -2.20. The molecule has 1 amide bonds. The lowest BCUT2D eigenvalue weighted by molar-refractivity contribution is -0.385. The zero-order valence-corrected chi connectivity index (χ0v) is 16.9. The second kappa shape index (κ2) is 7.87. The number of rotatable bonds is 4. The molecule has 0 saturated carbocycles. The Kier molecular flexibility index (Phi) is 5.09. The molecular formula is C24H18N2O5. The van der Waals surface area contributed by atoms with Crippen molar-refractivity contribution in [3.05, 3.63) is 99.3 Å². The summed E-state index contributed by atoms with van der Waals surface area (Å²) in [6.07, 6.45) is 1.38. The molecule has 0 fully saturated rings. The van der Waals surface area contributed by atoms with E-state index in [1.165, 1.54) is 30.2 Å². The van der Waals surface area contributed by atoms with Crippen LogP contribution in [0.2, 0.25) is 0 Å². The molecule has 1 aliphatic heterocycles. The maximum Gasteiger partial charge on any atom is 0.340 e. The molecule has 0 unspecified atom stereocenters. The fourth-order valence-corrected chi connectivity index (χ4v) is 3.80.